The summed E-state index contributed by atoms with van der Waals surface area (Å²) in [6.45, 7) is 2.70. The molecule has 0 amide bonds. The number of nitrogens with zero attached hydrogens (tertiary/aromatic N) is 3. The number of ether oxygens (including phenoxy) is 2. The van der Waals surface area contributed by atoms with Crippen molar-refractivity contribution in [2.24, 2.45) is 5.73 Å². The van der Waals surface area contributed by atoms with Crippen LogP contribution in [-0.2, 0) is 10.5 Å². The van der Waals surface area contributed by atoms with E-state index >= 15 is 0 Å². The Hall–Kier alpha value is -1.35. The molecule has 6 nitrogen and oxygen atoms in total. The minimum atomic E-state index is 0.0405. The highest BCUT2D eigenvalue weighted by atomic mass is 79.9. The number of hydrogen-bond acceptors (Lipinski definition) is 7. The molecular weight excluding hydrogens is 404 g/mol. The summed E-state index contributed by atoms with van der Waals surface area (Å²) in [6, 6.07) is 6.01. The summed E-state index contributed by atoms with van der Waals surface area (Å²) < 4.78 is 12.1. The smallest absolute Gasteiger partial charge is 0.161 e. The number of aromatic nitrogens is 2. The number of morpholine rings is 1. The SMILES string of the molecule is COc1ccc(Br)cc1CSc1nccnc1N1CCOC(CN)C1. The molecule has 0 radical (unpaired) electrons. The molecular formula is C17H21BrN4O2S. The van der Waals surface area contributed by atoms with Crippen LogP contribution in [0.4, 0.5) is 5.82 Å². The van der Waals surface area contributed by atoms with Gasteiger partial charge in [-0.25, -0.2) is 9.97 Å². The largest absolute Gasteiger partial charge is 0.496 e. The third-order valence-electron chi connectivity index (χ3n) is 3.95. The van der Waals surface area contributed by atoms with Crippen LogP contribution in [0.2, 0.25) is 0 Å². The van der Waals surface area contributed by atoms with E-state index in [0.717, 1.165) is 45.5 Å². The van der Waals surface area contributed by atoms with Gasteiger partial charge in [0.25, 0.3) is 0 Å². The average Bonchev–Trinajstić information content (AvgIpc) is 2.66. The van der Waals surface area contributed by atoms with E-state index in [0.29, 0.717) is 13.2 Å². The fourth-order valence-corrected chi connectivity index (χ4v) is 4.07. The topological polar surface area (TPSA) is 73.5 Å². The van der Waals surface area contributed by atoms with Gasteiger partial charge in [-0.2, -0.15) is 0 Å². The molecule has 1 atom stereocenters. The molecule has 1 aromatic heterocycles. The molecule has 2 N–H and O–H groups in total. The zero-order valence-corrected chi connectivity index (χ0v) is 16.4. The number of hydrogen-bond donors (Lipinski definition) is 1. The molecule has 1 unspecified atom stereocenters. The maximum Gasteiger partial charge on any atom is 0.161 e. The standard InChI is InChI=1S/C17H21BrN4O2S/c1-23-15-3-2-13(18)8-12(15)11-25-17-16(20-4-5-21-17)22-6-7-24-14(9-19)10-22/h2-5,8,14H,6-7,9-11,19H2,1H3. The molecule has 0 saturated carbocycles. The summed E-state index contributed by atoms with van der Waals surface area (Å²) in [5.74, 6) is 2.51. The van der Waals surface area contributed by atoms with Gasteiger partial charge in [0.1, 0.15) is 10.8 Å². The number of anilines is 1. The van der Waals surface area contributed by atoms with E-state index < -0.39 is 0 Å². The first kappa shape index (κ1) is 18.4. The zero-order valence-electron chi connectivity index (χ0n) is 14.0. The first-order valence-corrected chi connectivity index (χ1v) is 9.82. The maximum absolute atomic E-state index is 5.75. The molecule has 2 heterocycles. The lowest BCUT2D eigenvalue weighted by molar-refractivity contribution is 0.0461. The van der Waals surface area contributed by atoms with Crippen LogP contribution < -0.4 is 15.4 Å². The van der Waals surface area contributed by atoms with Crippen LogP contribution in [0.5, 0.6) is 5.75 Å². The molecule has 25 heavy (non-hydrogen) atoms. The molecule has 1 fully saturated rings. The lowest BCUT2D eigenvalue weighted by Gasteiger charge is -2.33. The highest BCUT2D eigenvalue weighted by Gasteiger charge is 2.23. The summed E-state index contributed by atoms with van der Waals surface area (Å²) in [6.07, 6.45) is 3.50. The van der Waals surface area contributed by atoms with Crippen LogP contribution >= 0.6 is 27.7 Å². The highest BCUT2D eigenvalue weighted by molar-refractivity contribution is 9.10. The third-order valence-corrected chi connectivity index (χ3v) is 5.46. The van der Waals surface area contributed by atoms with E-state index in [2.05, 4.69) is 36.9 Å². The van der Waals surface area contributed by atoms with Crippen molar-refractivity contribution in [1.82, 2.24) is 9.97 Å². The zero-order chi connectivity index (χ0) is 17.6. The molecule has 0 spiro atoms. The van der Waals surface area contributed by atoms with Crippen LogP contribution in [-0.4, -0.2) is 49.4 Å². The molecule has 134 valence electrons. The van der Waals surface area contributed by atoms with E-state index in [1.807, 2.05) is 12.1 Å². The van der Waals surface area contributed by atoms with Gasteiger partial charge in [-0.1, -0.05) is 27.7 Å². The molecule has 8 heteroatoms. The summed E-state index contributed by atoms with van der Waals surface area (Å²) in [4.78, 5) is 11.3. The molecule has 2 aromatic rings. The third kappa shape index (κ3) is 4.63. The normalized spacial score (nSPS) is 17.6. The molecule has 1 aromatic carbocycles. The van der Waals surface area contributed by atoms with Crippen molar-refractivity contribution < 1.29 is 9.47 Å². The van der Waals surface area contributed by atoms with Gasteiger partial charge in [0.15, 0.2) is 5.82 Å². The van der Waals surface area contributed by atoms with Gasteiger partial charge in [0.2, 0.25) is 0 Å². The second kappa shape index (κ2) is 8.84. The van der Waals surface area contributed by atoms with Crippen LogP contribution in [0.1, 0.15) is 5.56 Å². The predicted octanol–water partition coefficient (Wildman–Crippen LogP) is 2.70. The lowest BCUT2D eigenvalue weighted by Crippen LogP contribution is -2.46. The molecule has 1 saturated heterocycles. The Morgan fingerprint density at radius 1 is 1.40 bits per heavy atom. The Labute approximate surface area is 160 Å². The van der Waals surface area contributed by atoms with Crippen molar-refractivity contribution in [2.45, 2.75) is 16.9 Å². The Morgan fingerprint density at radius 3 is 3.04 bits per heavy atom. The van der Waals surface area contributed by atoms with Gasteiger partial charge < -0.3 is 20.1 Å². The van der Waals surface area contributed by atoms with E-state index in [1.54, 1.807) is 31.3 Å². The summed E-state index contributed by atoms with van der Waals surface area (Å²) in [5.41, 5.74) is 6.86. The van der Waals surface area contributed by atoms with E-state index in [4.69, 9.17) is 15.2 Å². The number of halogens is 1. The monoisotopic (exact) mass is 424 g/mol. The van der Waals surface area contributed by atoms with Crippen molar-refractivity contribution in [3.8, 4) is 5.75 Å². The first-order valence-electron chi connectivity index (χ1n) is 8.04. The van der Waals surface area contributed by atoms with Crippen molar-refractivity contribution in [1.29, 1.82) is 0 Å². The van der Waals surface area contributed by atoms with Crippen molar-refractivity contribution in [3.63, 3.8) is 0 Å². The van der Waals surface area contributed by atoms with Crippen LogP contribution in [0, 0.1) is 0 Å². The van der Waals surface area contributed by atoms with Crippen LogP contribution in [0.3, 0.4) is 0 Å². The quantitative estimate of drug-likeness (QED) is 0.714. The van der Waals surface area contributed by atoms with Crippen molar-refractivity contribution >= 4 is 33.5 Å². The number of thioether (sulfide) groups is 1. The Bertz CT molecular complexity index is 719. The number of nitrogens with two attached hydrogens (primary N) is 1. The number of rotatable bonds is 6. The van der Waals surface area contributed by atoms with Gasteiger partial charge >= 0.3 is 0 Å². The van der Waals surface area contributed by atoms with E-state index in [1.165, 1.54) is 0 Å². The highest BCUT2D eigenvalue weighted by Crippen LogP contribution is 2.33. The van der Waals surface area contributed by atoms with Gasteiger partial charge in [-0.15, -0.1) is 0 Å². The minimum Gasteiger partial charge on any atom is -0.496 e. The lowest BCUT2D eigenvalue weighted by atomic mass is 10.2. The molecule has 0 aliphatic carbocycles. The molecule has 3 rings (SSSR count). The average molecular weight is 425 g/mol. The first-order chi connectivity index (χ1) is 12.2. The van der Waals surface area contributed by atoms with Crippen molar-refractivity contribution in [2.75, 3.05) is 38.3 Å². The fraction of sp³-hybridized carbons (Fsp3) is 0.412. The van der Waals surface area contributed by atoms with E-state index in [9.17, 15) is 0 Å². The second-order valence-electron chi connectivity index (χ2n) is 5.60. The molecule has 0 bridgehead atoms. The summed E-state index contributed by atoms with van der Waals surface area (Å²) in [7, 11) is 1.69. The van der Waals surface area contributed by atoms with E-state index in [-0.39, 0.29) is 6.10 Å². The second-order valence-corrected chi connectivity index (χ2v) is 7.48. The predicted molar refractivity (Wildman–Crippen MR) is 103 cm³/mol. The molecule has 1 aliphatic rings. The van der Waals surface area contributed by atoms with Gasteiger partial charge in [-0.3, -0.25) is 0 Å². The Kier molecular flexibility index (Phi) is 6.52. The van der Waals surface area contributed by atoms with Gasteiger partial charge in [-0.05, 0) is 18.2 Å². The van der Waals surface area contributed by atoms with Crippen LogP contribution in [0.15, 0.2) is 40.1 Å². The summed E-state index contributed by atoms with van der Waals surface area (Å²) >= 11 is 5.17. The Morgan fingerprint density at radius 2 is 2.24 bits per heavy atom. The minimum absolute atomic E-state index is 0.0405. The summed E-state index contributed by atoms with van der Waals surface area (Å²) in [5, 5.41) is 0.905. The maximum atomic E-state index is 5.75. The van der Waals surface area contributed by atoms with Crippen molar-refractivity contribution in [3.05, 3.63) is 40.6 Å². The van der Waals surface area contributed by atoms with Crippen LogP contribution in [0.25, 0.3) is 0 Å². The fourth-order valence-electron chi connectivity index (χ4n) is 2.70. The number of benzene rings is 1. The van der Waals surface area contributed by atoms with Gasteiger partial charge in [0, 0.05) is 47.8 Å². The molecule has 1 aliphatic heterocycles. The van der Waals surface area contributed by atoms with Gasteiger partial charge in [0.05, 0.1) is 19.8 Å². The Balaban J connectivity index is 1.76. The number of methoxy groups -OCH3 is 1.